The zero-order chi connectivity index (χ0) is 17.8. The number of thiophene rings is 1. The number of nitrogens with zero attached hydrogens (tertiary/aromatic N) is 1. The SMILES string of the molecule is O=C(COC(=O)c1cc2ccccc2s1)Nc1ccc([N+](=O)[O-])cc1. The average molecular weight is 356 g/mol. The molecule has 0 saturated carbocycles. The van der Waals surface area contributed by atoms with E-state index in [4.69, 9.17) is 4.74 Å². The van der Waals surface area contributed by atoms with Gasteiger partial charge in [-0.2, -0.15) is 0 Å². The van der Waals surface area contributed by atoms with Crippen LogP contribution in [-0.2, 0) is 9.53 Å². The van der Waals surface area contributed by atoms with E-state index in [0.29, 0.717) is 10.6 Å². The van der Waals surface area contributed by atoms with Gasteiger partial charge in [-0.25, -0.2) is 4.79 Å². The molecule has 0 aliphatic rings. The van der Waals surface area contributed by atoms with Crippen LogP contribution in [0.2, 0.25) is 0 Å². The number of benzene rings is 2. The van der Waals surface area contributed by atoms with Gasteiger partial charge in [0, 0.05) is 22.5 Å². The summed E-state index contributed by atoms with van der Waals surface area (Å²) in [6, 6.07) is 14.6. The van der Waals surface area contributed by atoms with E-state index in [1.165, 1.54) is 35.6 Å². The summed E-state index contributed by atoms with van der Waals surface area (Å²) >= 11 is 1.30. The Labute approximate surface area is 146 Å². The van der Waals surface area contributed by atoms with Crippen LogP contribution in [0.25, 0.3) is 10.1 Å². The first kappa shape index (κ1) is 16.6. The lowest BCUT2D eigenvalue weighted by Gasteiger charge is -2.05. The first-order valence-corrected chi connectivity index (χ1v) is 8.04. The van der Waals surface area contributed by atoms with Gasteiger partial charge in [-0.1, -0.05) is 18.2 Å². The number of esters is 1. The predicted octanol–water partition coefficient (Wildman–Crippen LogP) is 3.61. The van der Waals surface area contributed by atoms with Crippen molar-refractivity contribution in [2.24, 2.45) is 0 Å². The maximum atomic E-state index is 12.0. The minimum atomic E-state index is -0.569. The van der Waals surface area contributed by atoms with Gasteiger partial charge < -0.3 is 10.1 Å². The Morgan fingerprint density at radius 3 is 2.52 bits per heavy atom. The second-order valence-corrected chi connectivity index (χ2v) is 6.16. The summed E-state index contributed by atoms with van der Waals surface area (Å²) in [7, 11) is 0. The number of amides is 1. The van der Waals surface area contributed by atoms with E-state index in [0.717, 1.165) is 10.1 Å². The molecule has 0 saturated heterocycles. The molecule has 1 aromatic heterocycles. The number of nitro groups is 1. The highest BCUT2D eigenvalue weighted by atomic mass is 32.1. The van der Waals surface area contributed by atoms with Crippen LogP contribution in [0.15, 0.2) is 54.6 Å². The molecule has 0 unspecified atom stereocenters. The van der Waals surface area contributed by atoms with Gasteiger partial charge in [-0.15, -0.1) is 11.3 Å². The molecular weight excluding hydrogens is 344 g/mol. The quantitative estimate of drug-likeness (QED) is 0.428. The van der Waals surface area contributed by atoms with Gasteiger partial charge in [-0.05, 0) is 29.7 Å². The number of hydrogen-bond donors (Lipinski definition) is 1. The maximum absolute atomic E-state index is 12.0. The van der Waals surface area contributed by atoms with Crippen molar-refractivity contribution >= 4 is 44.7 Å². The Bertz CT molecular complexity index is 916. The number of nitro benzene ring substituents is 1. The van der Waals surface area contributed by atoms with Gasteiger partial charge in [0.15, 0.2) is 6.61 Å². The van der Waals surface area contributed by atoms with Gasteiger partial charge >= 0.3 is 5.97 Å². The van der Waals surface area contributed by atoms with E-state index in [9.17, 15) is 19.7 Å². The third-order valence-corrected chi connectivity index (χ3v) is 4.42. The van der Waals surface area contributed by atoms with Gasteiger partial charge in [0.1, 0.15) is 4.88 Å². The van der Waals surface area contributed by atoms with Crippen LogP contribution in [-0.4, -0.2) is 23.4 Å². The summed E-state index contributed by atoms with van der Waals surface area (Å²) in [5, 5.41) is 14.0. The summed E-state index contributed by atoms with van der Waals surface area (Å²) in [6.45, 7) is -0.440. The van der Waals surface area contributed by atoms with E-state index in [1.807, 2.05) is 24.3 Å². The van der Waals surface area contributed by atoms with E-state index in [2.05, 4.69) is 5.32 Å². The highest BCUT2D eigenvalue weighted by Gasteiger charge is 2.14. The lowest BCUT2D eigenvalue weighted by Crippen LogP contribution is -2.20. The monoisotopic (exact) mass is 356 g/mol. The molecular formula is C17H12N2O5S. The zero-order valence-electron chi connectivity index (χ0n) is 12.8. The molecule has 2 aromatic carbocycles. The van der Waals surface area contributed by atoms with Crippen molar-refractivity contribution in [3.8, 4) is 0 Å². The fourth-order valence-electron chi connectivity index (χ4n) is 2.15. The van der Waals surface area contributed by atoms with Crippen molar-refractivity contribution in [2.45, 2.75) is 0 Å². The summed E-state index contributed by atoms with van der Waals surface area (Å²) in [5.74, 6) is -1.09. The molecule has 1 N–H and O–H groups in total. The third-order valence-electron chi connectivity index (χ3n) is 3.32. The number of hydrogen-bond acceptors (Lipinski definition) is 6. The Balaban J connectivity index is 1.56. The van der Waals surface area contributed by atoms with E-state index < -0.39 is 23.4 Å². The smallest absolute Gasteiger partial charge is 0.348 e. The van der Waals surface area contributed by atoms with E-state index in [1.54, 1.807) is 6.07 Å². The van der Waals surface area contributed by atoms with Crippen LogP contribution in [0.5, 0.6) is 0 Å². The van der Waals surface area contributed by atoms with Crippen LogP contribution in [0.1, 0.15) is 9.67 Å². The molecule has 0 fully saturated rings. The Morgan fingerprint density at radius 1 is 1.12 bits per heavy atom. The first-order valence-electron chi connectivity index (χ1n) is 7.23. The van der Waals surface area contributed by atoms with Gasteiger partial charge in [-0.3, -0.25) is 14.9 Å². The molecule has 8 heteroatoms. The Morgan fingerprint density at radius 2 is 1.84 bits per heavy atom. The average Bonchev–Trinajstić information content (AvgIpc) is 3.04. The lowest BCUT2D eigenvalue weighted by atomic mass is 10.2. The molecule has 0 atom stereocenters. The van der Waals surface area contributed by atoms with Crippen molar-refractivity contribution < 1.29 is 19.2 Å². The second-order valence-electron chi connectivity index (χ2n) is 5.08. The topological polar surface area (TPSA) is 98.5 Å². The number of nitrogens with one attached hydrogen (secondary N) is 1. The highest BCUT2D eigenvalue weighted by Crippen LogP contribution is 2.25. The lowest BCUT2D eigenvalue weighted by molar-refractivity contribution is -0.384. The maximum Gasteiger partial charge on any atom is 0.348 e. The number of rotatable bonds is 5. The molecule has 0 radical (unpaired) electrons. The molecule has 1 heterocycles. The standard InChI is InChI=1S/C17H12N2O5S/c20-16(18-12-5-7-13(8-6-12)19(22)23)10-24-17(21)15-9-11-3-1-2-4-14(11)25-15/h1-9H,10H2,(H,18,20). The second kappa shape index (κ2) is 7.10. The molecule has 1 amide bonds. The van der Waals surface area contributed by atoms with Gasteiger partial charge in [0.05, 0.1) is 4.92 Å². The minimum Gasteiger partial charge on any atom is -0.451 e. The summed E-state index contributed by atoms with van der Waals surface area (Å²) in [4.78, 5) is 34.3. The number of anilines is 1. The number of carbonyl (C=O) groups excluding carboxylic acids is 2. The van der Waals surface area contributed by atoms with Crippen LogP contribution in [0.4, 0.5) is 11.4 Å². The van der Waals surface area contributed by atoms with Gasteiger partial charge in [0.2, 0.25) is 0 Å². The molecule has 0 aliphatic heterocycles. The first-order chi connectivity index (χ1) is 12.0. The normalized spacial score (nSPS) is 10.4. The van der Waals surface area contributed by atoms with Crippen LogP contribution >= 0.6 is 11.3 Å². The van der Waals surface area contributed by atoms with Crippen LogP contribution in [0, 0.1) is 10.1 Å². The summed E-state index contributed by atoms with van der Waals surface area (Å²) in [5.41, 5.74) is 0.308. The fraction of sp³-hybridized carbons (Fsp3) is 0.0588. The summed E-state index contributed by atoms with van der Waals surface area (Å²) < 4.78 is 5.97. The number of fused-ring (bicyclic) bond motifs is 1. The largest absolute Gasteiger partial charge is 0.451 e. The molecule has 126 valence electrons. The molecule has 0 bridgehead atoms. The number of carbonyl (C=O) groups is 2. The molecule has 7 nitrogen and oxygen atoms in total. The zero-order valence-corrected chi connectivity index (χ0v) is 13.6. The highest BCUT2D eigenvalue weighted by molar-refractivity contribution is 7.20. The number of non-ortho nitro benzene ring substituents is 1. The van der Waals surface area contributed by atoms with Gasteiger partial charge in [0.25, 0.3) is 11.6 Å². The van der Waals surface area contributed by atoms with Crippen molar-refractivity contribution in [2.75, 3.05) is 11.9 Å². The Hall–Kier alpha value is -3.26. The van der Waals surface area contributed by atoms with E-state index >= 15 is 0 Å². The van der Waals surface area contributed by atoms with Crippen LogP contribution < -0.4 is 5.32 Å². The molecule has 0 aliphatic carbocycles. The fourth-order valence-corrected chi connectivity index (χ4v) is 3.10. The Kier molecular flexibility index (Phi) is 4.71. The van der Waals surface area contributed by atoms with Crippen molar-refractivity contribution in [1.82, 2.24) is 0 Å². The van der Waals surface area contributed by atoms with Crippen LogP contribution in [0.3, 0.4) is 0 Å². The van der Waals surface area contributed by atoms with Crippen molar-refractivity contribution in [3.63, 3.8) is 0 Å². The number of ether oxygens (including phenoxy) is 1. The molecule has 3 aromatic rings. The third kappa shape index (κ3) is 3.99. The molecule has 3 rings (SSSR count). The van der Waals surface area contributed by atoms with Crippen molar-refractivity contribution in [3.05, 3.63) is 69.6 Å². The molecule has 25 heavy (non-hydrogen) atoms. The minimum absolute atomic E-state index is 0.0748. The molecule has 0 spiro atoms. The predicted molar refractivity (Wildman–Crippen MR) is 93.8 cm³/mol. The van der Waals surface area contributed by atoms with Crippen molar-refractivity contribution in [1.29, 1.82) is 0 Å². The summed E-state index contributed by atoms with van der Waals surface area (Å²) in [6.07, 6.45) is 0. The van der Waals surface area contributed by atoms with E-state index in [-0.39, 0.29) is 5.69 Å².